The van der Waals surface area contributed by atoms with Gasteiger partial charge in [-0.25, -0.2) is 18.1 Å². The largest absolute Gasteiger partial charge is 0.392 e. The Labute approximate surface area is 122 Å². The molecule has 6 nitrogen and oxygen atoms in total. The second-order valence-corrected chi connectivity index (χ2v) is 6.00. The topological polar surface area (TPSA) is 103 Å². The second kappa shape index (κ2) is 6.45. The molecule has 108 valence electrons. The minimum absolute atomic E-state index is 0.0654. The fraction of sp³-hybridized carbons (Fsp3) is 0.143. The van der Waals surface area contributed by atoms with Gasteiger partial charge >= 0.3 is 0 Å². The predicted octanol–water partition coefficient (Wildman–Crippen LogP) is 0.924. The van der Waals surface area contributed by atoms with Crippen molar-refractivity contribution >= 4 is 10.0 Å². The van der Waals surface area contributed by atoms with Crippen LogP contribution in [0.25, 0.3) is 0 Å². The van der Waals surface area contributed by atoms with E-state index in [-0.39, 0.29) is 23.7 Å². The van der Waals surface area contributed by atoms with Gasteiger partial charge in [-0.2, -0.15) is 5.26 Å². The van der Waals surface area contributed by atoms with Gasteiger partial charge in [-0.05, 0) is 23.3 Å². The van der Waals surface area contributed by atoms with E-state index in [9.17, 15) is 8.42 Å². The highest BCUT2D eigenvalue weighted by atomic mass is 32.2. The Kier molecular flexibility index (Phi) is 4.65. The Bertz CT molecular complexity index is 782. The molecule has 0 aliphatic rings. The highest BCUT2D eigenvalue weighted by Crippen LogP contribution is 2.13. The summed E-state index contributed by atoms with van der Waals surface area (Å²) in [5, 5.41) is 18.0. The van der Waals surface area contributed by atoms with Crippen molar-refractivity contribution < 1.29 is 13.5 Å². The van der Waals surface area contributed by atoms with Gasteiger partial charge in [-0.1, -0.05) is 24.3 Å². The molecule has 0 aliphatic heterocycles. The van der Waals surface area contributed by atoms with Crippen LogP contribution in [-0.4, -0.2) is 18.5 Å². The molecule has 21 heavy (non-hydrogen) atoms. The van der Waals surface area contributed by atoms with Crippen molar-refractivity contribution in [2.24, 2.45) is 0 Å². The summed E-state index contributed by atoms with van der Waals surface area (Å²) in [7, 11) is -3.82. The van der Waals surface area contributed by atoms with Crippen LogP contribution < -0.4 is 4.72 Å². The number of sulfonamides is 1. The maximum absolute atomic E-state index is 12.2. The Morgan fingerprint density at radius 2 is 2.00 bits per heavy atom. The molecule has 0 fully saturated rings. The van der Waals surface area contributed by atoms with E-state index in [2.05, 4.69) is 9.71 Å². The lowest BCUT2D eigenvalue weighted by Gasteiger charge is -2.08. The summed E-state index contributed by atoms with van der Waals surface area (Å²) in [5.74, 6) is 0. The third kappa shape index (κ3) is 3.64. The molecule has 0 saturated carbocycles. The van der Waals surface area contributed by atoms with Crippen molar-refractivity contribution in [1.82, 2.24) is 9.71 Å². The molecular formula is C14H13N3O3S. The quantitative estimate of drug-likeness (QED) is 0.855. The number of hydrogen-bond acceptors (Lipinski definition) is 5. The minimum atomic E-state index is -3.82. The number of benzene rings is 1. The number of nitrogens with one attached hydrogen (secondary N) is 1. The van der Waals surface area contributed by atoms with Crippen LogP contribution in [0.4, 0.5) is 0 Å². The third-order valence-electron chi connectivity index (χ3n) is 2.81. The normalized spacial score (nSPS) is 11.0. The number of aliphatic hydroxyl groups excluding tert-OH is 1. The summed E-state index contributed by atoms with van der Waals surface area (Å²) < 4.78 is 26.8. The van der Waals surface area contributed by atoms with Crippen molar-refractivity contribution in [3.05, 3.63) is 59.4 Å². The lowest BCUT2D eigenvalue weighted by molar-refractivity contribution is 0.281. The summed E-state index contributed by atoms with van der Waals surface area (Å²) in [6.45, 7) is -0.0439. The molecule has 0 atom stereocenters. The van der Waals surface area contributed by atoms with Crippen LogP contribution in [-0.2, 0) is 23.2 Å². The first-order valence-electron chi connectivity index (χ1n) is 6.10. The summed E-state index contributed by atoms with van der Waals surface area (Å²) in [4.78, 5) is 3.59. The smallest absolute Gasteiger partial charge is 0.243 e. The summed E-state index contributed by atoms with van der Waals surface area (Å²) in [6, 6.07) is 11.5. The van der Waals surface area contributed by atoms with E-state index in [0.717, 1.165) is 0 Å². The molecule has 0 aliphatic carbocycles. The number of aliphatic hydroxyl groups is 1. The van der Waals surface area contributed by atoms with Gasteiger partial charge in [0.2, 0.25) is 10.0 Å². The average Bonchev–Trinajstić information content (AvgIpc) is 2.53. The number of hydrogen-bond donors (Lipinski definition) is 2. The van der Waals surface area contributed by atoms with Crippen molar-refractivity contribution in [2.45, 2.75) is 18.0 Å². The van der Waals surface area contributed by atoms with E-state index in [1.165, 1.54) is 18.3 Å². The number of nitrogens with zero attached hydrogens (tertiary/aromatic N) is 2. The van der Waals surface area contributed by atoms with Crippen LogP contribution in [0.1, 0.15) is 16.8 Å². The van der Waals surface area contributed by atoms with Gasteiger partial charge in [0, 0.05) is 12.7 Å². The molecule has 1 aromatic heterocycles. The van der Waals surface area contributed by atoms with Crippen LogP contribution in [0.5, 0.6) is 0 Å². The van der Waals surface area contributed by atoms with E-state index in [0.29, 0.717) is 11.1 Å². The first-order valence-corrected chi connectivity index (χ1v) is 7.58. The second-order valence-electron chi connectivity index (χ2n) is 4.26. The maximum Gasteiger partial charge on any atom is 0.243 e. The van der Waals surface area contributed by atoms with Crippen molar-refractivity contribution in [1.29, 1.82) is 5.26 Å². The molecule has 0 radical (unpaired) electrons. The summed E-state index contributed by atoms with van der Waals surface area (Å²) >= 11 is 0. The van der Waals surface area contributed by atoms with Crippen LogP contribution >= 0.6 is 0 Å². The summed E-state index contributed by atoms with van der Waals surface area (Å²) in [5.41, 5.74) is 1.27. The van der Waals surface area contributed by atoms with Gasteiger partial charge in [0.15, 0.2) is 5.69 Å². The molecule has 0 bridgehead atoms. The van der Waals surface area contributed by atoms with Crippen molar-refractivity contribution in [2.75, 3.05) is 0 Å². The maximum atomic E-state index is 12.2. The van der Waals surface area contributed by atoms with Crippen LogP contribution in [0.3, 0.4) is 0 Å². The molecule has 1 heterocycles. The Hall–Kier alpha value is -2.27. The third-order valence-corrected chi connectivity index (χ3v) is 4.24. The summed E-state index contributed by atoms with van der Waals surface area (Å²) in [6.07, 6.45) is 1.36. The zero-order valence-corrected chi connectivity index (χ0v) is 11.8. The van der Waals surface area contributed by atoms with Gasteiger partial charge in [0.1, 0.15) is 11.0 Å². The van der Waals surface area contributed by atoms with E-state index >= 15 is 0 Å². The van der Waals surface area contributed by atoms with Crippen LogP contribution in [0.2, 0.25) is 0 Å². The minimum Gasteiger partial charge on any atom is -0.392 e. The number of rotatable bonds is 5. The zero-order chi connectivity index (χ0) is 15.3. The molecule has 2 rings (SSSR count). The number of aromatic nitrogens is 1. The highest BCUT2D eigenvalue weighted by molar-refractivity contribution is 7.89. The van der Waals surface area contributed by atoms with E-state index in [4.69, 9.17) is 10.4 Å². The highest BCUT2D eigenvalue weighted by Gasteiger charge is 2.18. The first kappa shape index (κ1) is 15.1. The number of nitriles is 1. The SMILES string of the molecule is N#Cc1ncccc1S(=O)(=O)NCc1cccc(CO)c1. The molecule has 7 heteroatoms. The van der Waals surface area contributed by atoms with Crippen molar-refractivity contribution in [3.8, 4) is 6.07 Å². The van der Waals surface area contributed by atoms with Gasteiger partial charge in [-0.3, -0.25) is 0 Å². The molecular weight excluding hydrogens is 290 g/mol. The fourth-order valence-electron chi connectivity index (χ4n) is 1.79. The predicted molar refractivity (Wildman–Crippen MR) is 75.3 cm³/mol. The van der Waals surface area contributed by atoms with E-state index in [1.54, 1.807) is 30.3 Å². The Morgan fingerprint density at radius 1 is 1.24 bits per heavy atom. The van der Waals surface area contributed by atoms with E-state index < -0.39 is 10.0 Å². The van der Waals surface area contributed by atoms with E-state index in [1.807, 2.05) is 0 Å². The molecule has 2 aromatic rings. The Morgan fingerprint density at radius 3 is 2.71 bits per heavy atom. The van der Waals surface area contributed by atoms with Gasteiger partial charge in [-0.15, -0.1) is 0 Å². The standard InChI is InChI=1S/C14H13N3O3S/c15-8-13-14(5-2-6-16-13)21(19,20)17-9-11-3-1-4-12(7-11)10-18/h1-7,17-18H,9-10H2. The lowest BCUT2D eigenvalue weighted by atomic mass is 10.1. The molecule has 0 spiro atoms. The first-order chi connectivity index (χ1) is 10.1. The van der Waals surface area contributed by atoms with Crippen molar-refractivity contribution in [3.63, 3.8) is 0 Å². The average molecular weight is 303 g/mol. The molecule has 0 amide bonds. The number of pyridine rings is 1. The monoisotopic (exact) mass is 303 g/mol. The Balaban J connectivity index is 2.20. The lowest BCUT2D eigenvalue weighted by Crippen LogP contribution is -2.24. The molecule has 2 N–H and O–H groups in total. The zero-order valence-electron chi connectivity index (χ0n) is 11.0. The molecule has 1 aromatic carbocycles. The van der Waals surface area contributed by atoms with Crippen LogP contribution in [0, 0.1) is 11.3 Å². The van der Waals surface area contributed by atoms with Gasteiger partial charge in [0.05, 0.1) is 6.61 Å². The fourth-order valence-corrected chi connectivity index (χ4v) is 2.91. The molecule has 0 saturated heterocycles. The van der Waals surface area contributed by atoms with Gasteiger partial charge in [0.25, 0.3) is 0 Å². The van der Waals surface area contributed by atoms with Crippen LogP contribution in [0.15, 0.2) is 47.5 Å². The van der Waals surface area contributed by atoms with Gasteiger partial charge < -0.3 is 5.11 Å². The molecule has 0 unspecified atom stereocenters.